The van der Waals surface area contributed by atoms with Crippen LogP contribution in [0, 0.1) is 23.1 Å². The van der Waals surface area contributed by atoms with Crippen LogP contribution in [0.25, 0.3) is 22.2 Å². The molecule has 10 heteroatoms. The minimum absolute atomic E-state index is 0.136. The molecule has 3 aromatic heterocycles. The Morgan fingerprint density at radius 3 is 2.65 bits per heavy atom. The summed E-state index contributed by atoms with van der Waals surface area (Å²) in [5.74, 6) is 0.617. The summed E-state index contributed by atoms with van der Waals surface area (Å²) < 4.78 is 18.2. The van der Waals surface area contributed by atoms with Crippen molar-refractivity contribution in [1.29, 1.82) is 0 Å². The highest BCUT2D eigenvalue weighted by Gasteiger charge is 2.87. The second-order valence-corrected chi connectivity index (χ2v) is 10.7. The summed E-state index contributed by atoms with van der Waals surface area (Å²) in [6.45, 7) is 0. The Morgan fingerprint density at radius 1 is 1.09 bits per heavy atom. The number of nitrogens with one attached hydrogen (secondary N) is 1. The fourth-order valence-corrected chi connectivity index (χ4v) is 8.38. The molecule has 1 aromatic carbocycles. The molecule has 0 saturated heterocycles. The molecule has 5 unspecified atom stereocenters. The lowest BCUT2D eigenvalue weighted by Crippen LogP contribution is -2.80. The van der Waals surface area contributed by atoms with Crippen LogP contribution < -0.4 is 11.0 Å². The molecular formula is C24H22FN7O2. The SMILES string of the molecule is Cn1c(=O)n(C23CC4CC5(O)CC(C2)C53C4)c2nc(Nc3cc4nccnc4cc3F)ncc21. The smallest absolute Gasteiger partial charge is 0.330 e. The summed E-state index contributed by atoms with van der Waals surface area (Å²) in [6, 6.07) is 2.89. The molecule has 4 saturated carbocycles. The number of hydrogen-bond donors (Lipinski definition) is 2. The van der Waals surface area contributed by atoms with Gasteiger partial charge in [0.2, 0.25) is 5.95 Å². The van der Waals surface area contributed by atoms with Gasteiger partial charge in [0, 0.05) is 30.9 Å². The van der Waals surface area contributed by atoms with Gasteiger partial charge >= 0.3 is 5.69 Å². The van der Waals surface area contributed by atoms with Crippen molar-refractivity contribution >= 4 is 33.8 Å². The first-order valence-electron chi connectivity index (χ1n) is 11.7. The first-order chi connectivity index (χ1) is 16.4. The van der Waals surface area contributed by atoms with Crippen LogP contribution in [0.2, 0.25) is 0 Å². The zero-order valence-corrected chi connectivity index (χ0v) is 18.5. The molecule has 0 amide bonds. The average Bonchev–Trinajstić information content (AvgIpc) is 3.34. The number of hydrogen-bond acceptors (Lipinski definition) is 7. The molecule has 0 aliphatic heterocycles. The van der Waals surface area contributed by atoms with E-state index in [-0.39, 0.29) is 22.7 Å². The number of imidazole rings is 1. The normalized spacial score (nSPS) is 34.8. The van der Waals surface area contributed by atoms with Crippen LogP contribution in [0.4, 0.5) is 16.0 Å². The van der Waals surface area contributed by atoms with Crippen molar-refractivity contribution in [2.45, 2.75) is 43.2 Å². The summed E-state index contributed by atoms with van der Waals surface area (Å²) >= 11 is 0. The summed E-state index contributed by atoms with van der Waals surface area (Å²) in [5, 5.41) is 14.3. The van der Waals surface area contributed by atoms with E-state index in [1.165, 1.54) is 12.3 Å². The van der Waals surface area contributed by atoms with Crippen molar-refractivity contribution < 1.29 is 9.50 Å². The molecule has 2 bridgehead atoms. The van der Waals surface area contributed by atoms with E-state index in [1.54, 1.807) is 30.1 Å². The van der Waals surface area contributed by atoms with E-state index >= 15 is 0 Å². The third kappa shape index (κ3) is 1.88. The number of fused-ring (bicyclic) bond motifs is 3. The van der Waals surface area contributed by atoms with Crippen LogP contribution in [0.1, 0.15) is 32.1 Å². The first kappa shape index (κ1) is 19.0. The molecule has 4 aromatic rings. The summed E-state index contributed by atoms with van der Waals surface area (Å²) in [4.78, 5) is 30.9. The molecule has 3 heterocycles. The van der Waals surface area contributed by atoms with Crippen LogP contribution >= 0.6 is 0 Å². The molecule has 4 fully saturated rings. The van der Waals surface area contributed by atoms with E-state index in [1.807, 2.05) is 4.57 Å². The van der Waals surface area contributed by atoms with Gasteiger partial charge in [-0.05, 0) is 50.0 Å². The third-order valence-electron chi connectivity index (χ3n) is 9.42. The predicted octanol–water partition coefficient (Wildman–Crippen LogP) is 2.61. The minimum Gasteiger partial charge on any atom is -0.389 e. The molecule has 1 spiro atoms. The fraction of sp³-hybridized carbons (Fsp3) is 0.458. The van der Waals surface area contributed by atoms with Gasteiger partial charge in [-0.15, -0.1) is 0 Å². The van der Waals surface area contributed by atoms with Crippen LogP contribution in [0.15, 0.2) is 35.5 Å². The van der Waals surface area contributed by atoms with Crippen molar-refractivity contribution in [2.24, 2.45) is 24.3 Å². The number of aryl methyl sites for hydroxylation is 1. The number of rotatable bonds is 3. The Labute approximate surface area is 192 Å². The Morgan fingerprint density at radius 2 is 1.88 bits per heavy atom. The van der Waals surface area contributed by atoms with Crippen molar-refractivity contribution in [3.8, 4) is 0 Å². The minimum atomic E-state index is -0.663. The second kappa shape index (κ2) is 5.63. The number of aliphatic hydroxyl groups is 1. The van der Waals surface area contributed by atoms with E-state index in [0.717, 1.165) is 32.1 Å². The molecule has 172 valence electrons. The van der Waals surface area contributed by atoms with E-state index in [4.69, 9.17) is 4.98 Å². The zero-order chi connectivity index (χ0) is 23.0. The van der Waals surface area contributed by atoms with Crippen LogP contribution in [-0.2, 0) is 12.6 Å². The highest BCUT2D eigenvalue weighted by Crippen LogP contribution is 2.86. The molecular weight excluding hydrogens is 437 g/mol. The van der Waals surface area contributed by atoms with Gasteiger partial charge in [0.1, 0.15) is 11.3 Å². The Hall–Kier alpha value is -3.40. The number of nitrogens with zero attached hydrogens (tertiary/aromatic N) is 6. The fourth-order valence-electron chi connectivity index (χ4n) is 8.38. The highest BCUT2D eigenvalue weighted by molar-refractivity contribution is 5.80. The maximum absolute atomic E-state index is 14.8. The largest absolute Gasteiger partial charge is 0.389 e. The summed E-state index contributed by atoms with van der Waals surface area (Å²) in [7, 11) is 1.73. The van der Waals surface area contributed by atoms with Gasteiger partial charge in [0.25, 0.3) is 0 Å². The van der Waals surface area contributed by atoms with Gasteiger partial charge < -0.3 is 10.4 Å². The van der Waals surface area contributed by atoms with Gasteiger partial charge in [0.15, 0.2) is 5.65 Å². The quantitative estimate of drug-likeness (QED) is 0.485. The predicted molar refractivity (Wildman–Crippen MR) is 121 cm³/mol. The molecule has 5 atom stereocenters. The number of benzene rings is 1. The Balaban J connectivity index is 1.27. The number of anilines is 2. The number of halogens is 1. The molecule has 4 aliphatic carbocycles. The van der Waals surface area contributed by atoms with E-state index in [9.17, 15) is 14.3 Å². The van der Waals surface area contributed by atoms with Gasteiger partial charge in [-0.25, -0.2) is 14.2 Å². The van der Waals surface area contributed by atoms with E-state index in [0.29, 0.717) is 34.0 Å². The standard InChI is InChI=1S/C24H22FN7O2/c1-31-18-11-28-20(29-15-5-17-16(4-14(15)25)26-2-3-27-17)30-19(18)32(21(31)33)22-6-12-7-23(34)10-13(9-22)24(22,23)8-12/h2-5,11-13,34H,6-10H2,1H3,(H,28,29,30). The molecule has 8 rings (SSSR count). The first-order valence-corrected chi connectivity index (χ1v) is 11.7. The van der Waals surface area contributed by atoms with Crippen LogP contribution in [-0.4, -0.2) is 39.8 Å². The molecule has 0 radical (unpaired) electrons. The second-order valence-electron chi connectivity index (χ2n) is 10.7. The van der Waals surface area contributed by atoms with Crippen molar-refractivity contribution in [1.82, 2.24) is 29.1 Å². The number of aromatic nitrogens is 6. The molecule has 9 nitrogen and oxygen atoms in total. The highest BCUT2D eigenvalue weighted by atomic mass is 19.1. The Kier molecular flexibility index (Phi) is 3.14. The van der Waals surface area contributed by atoms with Crippen LogP contribution in [0.5, 0.6) is 0 Å². The van der Waals surface area contributed by atoms with Gasteiger partial charge in [-0.2, -0.15) is 4.98 Å². The van der Waals surface area contributed by atoms with Crippen molar-refractivity contribution in [3.63, 3.8) is 0 Å². The lowest BCUT2D eigenvalue weighted by molar-refractivity contribution is -0.319. The maximum Gasteiger partial charge on any atom is 0.330 e. The summed E-state index contributed by atoms with van der Waals surface area (Å²) in [5.41, 5.74) is 0.929. The topological polar surface area (TPSA) is 111 Å². The maximum atomic E-state index is 14.8. The third-order valence-corrected chi connectivity index (χ3v) is 9.42. The van der Waals surface area contributed by atoms with Crippen molar-refractivity contribution in [3.05, 3.63) is 47.0 Å². The summed E-state index contributed by atoms with van der Waals surface area (Å²) in [6.07, 6.45) is 9.14. The Bertz CT molecular complexity index is 1630. The molecule has 2 N–H and O–H groups in total. The van der Waals surface area contributed by atoms with Gasteiger partial charge in [0.05, 0.1) is 34.1 Å². The van der Waals surface area contributed by atoms with Gasteiger partial charge in [-0.3, -0.25) is 19.1 Å². The van der Waals surface area contributed by atoms with Crippen molar-refractivity contribution in [2.75, 3.05) is 5.32 Å². The molecule has 34 heavy (non-hydrogen) atoms. The monoisotopic (exact) mass is 459 g/mol. The zero-order valence-electron chi connectivity index (χ0n) is 18.5. The van der Waals surface area contributed by atoms with Crippen LogP contribution in [0.3, 0.4) is 0 Å². The average molecular weight is 459 g/mol. The lowest BCUT2D eigenvalue weighted by atomic mass is 9.33. The van der Waals surface area contributed by atoms with E-state index in [2.05, 4.69) is 20.3 Å². The lowest BCUT2D eigenvalue weighted by Gasteiger charge is -2.75. The molecule has 4 aliphatic rings. The van der Waals surface area contributed by atoms with Gasteiger partial charge in [-0.1, -0.05) is 0 Å². The van der Waals surface area contributed by atoms with E-state index < -0.39 is 17.0 Å².